The minimum Gasteiger partial charge on any atom is -0.441 e. The van der Waals surface area contributed by atoms with Crippen molar-refractivity contribution < 1.29 is 18.7 Å². The van der Waals surface area contributed by atoms with Crippen LogP contribution in [0.3, 0.4) is 0 Å². The fourth-order valence-corrected chi connectivity index (χ4v) is 4.41. The highest BCUT2D eigenvalue weighted by molar-refractivity contribution is 9.10. The van der Waals surface area contributed by atoms with E-state index in [4.69, 9.17) is 10.5 Å². The number of rotatable bonds is 3. The van der Waals surface area contributed by atoms with E-state index in [2.05, 4.69) is 21.2 Å². The molecule has 0 bridgehead atoms. The van der Waals surface area contributed by atoms with Crippen molar-refractivity contribution in [3.05, 3.63) is 52.8 Å². The van der Waals surface area contributed by atoms with Crippen LogP contribution in [-0.2, 0) is 9.53 Å². The van der Waals surface area contributed by atoms with Gasteiger partial charge in [-0.1, -0.05) is 28.1 Å². The number of halogens is 2. The molecule has 0 aromatic heterocycles. The van der Waals surface area contributed by atoms with Crippen molar-refractivity contribution in [3.8, 4) is 0 Å². The maximum atomic E-state index is 14.1. The zero-order valence-corrected chi connectivity index (χ0v) is 17.2. The number of amides is 2. The lowest BCUT2D eigenvalue weighted by atomic mass is 9.78. The highest BCUT2D eigenvalue weighted by Gasteiger charge is 2.49. The van der Waals surface area contributed by atoms with Crippen LogP contribution in [0.1, 0.15) is 25.7 Å². The van der Waals surface area contributed by atoms with Gasteiger partial charge in [0.25, 0.3) is 0 Å². The van der Waals surface area contributed by atoms with Gasteiger partial charge in [-0.2, -0.15) is 0 Å². The minimum atomic E-state index is -0.674. The molecule has 1 aliphatic heterocycles. The van der Waals surface area contributed by atoms with E-state index in [0.717, 1.165) is 4.47 Å². The van der Waals surface area contributed by atoms with Crippen LogP contribution in [0.15, 0.2) is 46.9 Å². The monoisotopic (exact) mass is 461 g/mol. The first-order chi connectivity index (χ1) is 13.9. The number of benzene rings is 2. The lowest BCUT2D eigenvalue weighted by Gasteiger charge is -2.34. The first-order valence-corrected chi connectivity index (χ1v) is 10.3. The summed E-state index contributed by atoms with van der Waals surface area (Å²) in [5.41, 5.74) is 6.57. The molecule has 2 fully saturated rings. The number of hydrogen-bond acceptors (Lipinski definition) is 4. The van der Waals surface area contributed by atoms with Gasteiger partial charge in [0, 0.05) is 10.4 Å². The molecule has 0 radical (unpaired) electrons. The Morgan fingerprint density at radius 2 is 1.97 bits per heavy atom. The Morgan fingerprint density at radius 3 is 2.66 bits per heavy atom. The van der Waals surface area contributed by atoms with E-state index >= 15 is 0 Å². The van der Waals surface area contributed by atoms with E-state index in [1.54, 1.807) is 30.3 Å². The number of carbonyl (C=O) groups excluding carboxylic acids is 2. The molecule has 6 nitrogen and oxygen atoms in total. The van der Waals surface area contributed by atoms with E-state index in [-0.39, 0.29) is 17.5 Å². The number of hydrogen-bond donors (Lipinski definition) is 2. The zero-order chi connectivity index (χ0) is 20.6. The van der Waals surface area contributed by atoms with E-state index < -0.39 is 17.5 Å². The summed E-state index contributed by atoms with van der Waals surface area (Å²) in [6, 6.07) is 11.5. The Kier molecular flexibility index (Phi) is 5.21. The van der Waals surface area contributed by atoms with Gasteiger partial charge in [-0.25, -0.2) is 9.18 Å². The first-order valence-electron chi connectivity index (χ1n) is 9.48. The molecule has 2 aromatic carbocycles. The van der Waals surface area contributed by atoms with Crippen molar-refractivity contribution in [2.45, 2.75) is 31.3 Å². The molecule has 1 heterocycles. The molecule has 1 saturated heterocycles. The molecule has 29 heavy (non-hydrogen) atoms. The molecule has 0 atom stereocenters. The van der Waals surface area contributed by atoms with Crippen molar-refractivity contribution in [1.29, 1.82) is 0 Å². The number of nitrogens with one attached hydrogen (secondary N) is 1. The third-order valence-corrected chi connectivity index (χ3v) is 6.15. The van der Waals surface area contributed by atoms with Gasteiger partial charge in [-0.3, -0.25) is 9.69 Å². The van der Waals surface area contributed by atoms with E-state index in [0.29, 0.717) is 43.6 Å². The van der Waals surface area contributed by atoms with Crippen LogP contribution in [0.5, 0.6) is 0 Å². The molecule has 1 spiro atoms. The number of nitrogens with two attached hydrogens (primary N) is 1. The lowest BCUT2D eigenvalue weighted by Crippen LogP contribution is -2.41. The maximum Gasteiger partial charge on any atom is 0.415 e. The fourth-order valence-electron chi connectivity index (χ4n) is 4.03. The molecular formula is C21H21BrFN3O3. The van der Waals surface area contributed by atoms with Gasteiger partial charge in [0.05, 0.1) is 23.6 Å². The number of carbonyl (C=O) groups is 2. The van der Waals surface area contributed by atoms with Crippen molar-refractivity contribution in [2.24, 2.45) is 5.92 Å². The Bertz CT molecular complexity index is 960. The van der Waals surface area contributed by atoms with E-state index in [9.17, 15) is 14.0 Å². The zero-order valence-electron chi connectivity index (χ0n) is 15.7. The van der Waals surface area contributed by atoms with E-state index in [1.807, 2.05) is 6.07 Å². The molecule has 1 saturated carbocycles. The minimum absolute atomic E-state index is 0.0934. The van der Waals surface area contributed by atoms with Crippen LogP contribution in [-0.4, -0.2) is 24.1 Å². The number of anilines is 3. The van der Waals surface area contributed by atoms with Crippen molar-refractivity contribution in [1.82, 2.24) is 0 Å². The summed E-state index contributed by atoms with van der Waals surface area (Å²) in [6.45, 7) is 0.292. The molecule has 4 rings (SSSR count). The number of para-hydroxylation sites is 1. The van der Waals surface area contributed by atoms with Gasteiger partial charge in [-0.05, 0) is 56.0 Å². The van der Waals surface area contributed by atoms with Gasteiger partial charge in [0.1, 0.15) is 11.4 Å². The summed E-state index contributed by atoms with van der Waals surface area (Å²) >= 11 is 3.34. The number of nitrogen functional groups attached to an aromatic ring is 1. The molecule has 2 aromatic rings. The normalized spacial score (nSPS) is 23.9. The van der Waals surface area contributed by atoms with Crippen molar-refractivity contribution in [2.75, 3.05) is 22.5 Å². The van der Waals surface area contributed by atoms with Gasteiger partial charge in [-0.15, -0.1) is 0 Å². The van der Waals surface area contributed by atoms with Gasteiger partial charge >= 0.3 is 6.09 Å². The predicted octanol–water partition coefficient (Wildman–Crippen LogP) is 4.69. The van der Waals surface area contributed by atoms with Crippen LogP contribution in [0.2, 0.25) is 0 Å². The quantitative estimate of drug-likeness (QED) is 0.648. The maximum absolute atomic E-state index is 14.1. The average Bonchev–Trinajstić information content (AvgIpc) is 3.00. The predicted molar refractivity (Wildman–Crippen MR) is 112 cm³/mol. The Labute approximate surface area is 176 Å². The molecule has 1 aliphatic carbocycles. The standard InChI is InChI=1S/C21H21BrFN3O3/c22-14-5-6-17(16(24)11-14)25-19(27)13-7-9-21(10-8-13)12-26(20(28)29-21)18-4-2-1-3-15(18)23/h1-6,11,13H,7-10,12,24H2,(H,25,27)/t13-,21-. The number of nitrogens with zero attached hydrogens (tertiary/aromatic N) is 1. The Hall–Kier alpha value is -2.61. The highest BCUT2D eigenvalue weighted by Crippen LogP contribution is 2.41. The molecule has 3 N–H and O–H groups in total. The second-order valence-electron chi connectivity index (χ2n) is 7.58. The Morgan fingerprint density at radius 1 is 1.24 bits per heavy atom. The third-order valence-electron chi connectivity index (χ3n) is 5.65. The fraction of sp³-hybridized carbons (Fsp3) is 0.333. The Balaban J connectivity index is 1.39. The first kappa shape index (κ1) is 19.7. The van der Waals surface area contributed by atoms with Crippen molar-refractivity contribution in [3.63, 3.8) is 0 Å². The molecule has 2 aliphatic rings. The molecule has 2 amide bonds. The largest absolute Gasteiger partial charge is 0.441 e. The van der Waals surface area contributed by atoms with Crippen LogP contribution in [0, 0.1) is 11.7 Å². The summed E-state index contributed by atoms with van der Waals surface area (Å²) < 4.78 is 20.6. The van der Waals surface area contributed by atoms with Gasteiger partial charge < -0.3 is 15.8 Å². The molecule has 152 valence electrons. The molecular weight excluding hydrogens is 441 g/mol. The SMILES string of the molecule is Nc1cc(Br)ccc1NC(=O)[C@H]1CC[C@]2(CC1)CN(c1ccccc1F)C(=O)O2. The molecule has 8 heteroatoms. The summed E-state index contributed by atoms with van der Waals surface area (Å²) in [5.74, 6) is -0.740. The van der Waals surface area contributed by atoms with Crippen LogP contribution >= 0.6 is 15.9 Å². The summed E-state index contributed by atoms with van der Waals surface area (Å²) in [4.78, 5) is 26.4. The second kappa shape index (κ2) is 7.67. The third kappa shape index (κ3) is 3.94. The summed E-state index contributed by atoms with van der Waals surface area (Å²) in [7, 11) is 0. The average molecular weight is 462 g/mol. The lowest BCUT2D eigenvalue weighted by molar-refractivity contribution is -0.122. The topological polar surface area (TPSA) is 84.7 Å². The van der Waals surface area contributed by atoms with Crippen LogP contribution < -0.4 is 16.0 Å². The highest BCUT2D eigenvalue weighted by atomic mass is 79.9. The smallest absolute Gasteiger partial charge is 0.415 e. The summed E-state index contributed by atoms with van der Waals surface area (Å²) in [6.07, 6.45) is 1.73. The van der Waals surface area contributed by atoms with E-state index in [1.165, 1.54) is 11.0 Å². The molecule has 0 unspecified atom stereocenters. The van der Waals surface area contributed by atoms with Crippen LogP contribution in [0.4, 0.5) is 26.2 Å². The number of ether oxygens (including phenoxy) is 1. The second-order valence-corrected chi connectivity index (χ2v) is 8.50. The van der Waals surface area contributed by atoms with Gasteiger partial charge in [0.2, 0.25) is 5.91 Å². The van der Waals surface area contributed by atoms with Gasteiger partial charge in [0.15, 0.2) is 0 Å². The van der Waals surface area contributed by atoms with Crippen LogP contribution in [0.25, 0.3) is 0 Å². The summed E-state index contributed by atoms with van der Waals surface area (Å²) in [5, 5.41) is 2.88. The van der Waals surface area contributed by atoms with Crippen molar-refractivity contribution >= 4 is 45.0 Å².